The number of fused-ring (bicyclic) bond motifs is 1. The molecule has 2 aromatic rings. The number of nitrogens with two attached hydrogens (primary N) is 1. The van der Waals surface area contributed by atoms with Crippen molar-refractivity contribution < 1.29 is 0 Å². The number of benzene rings is 1. The topological polar surface area (TPSA) is 54.7 Å². The summed E-state index contributed by atoms with van der Waals surface area (Å²) in [6.07, 6.45) is 0. The third-order valence-corrected chi connectivity index (χ3v) is 2.57. The fourth-order valence-electron chi connectivity index (χ4n) is 1.19. The summed E-state index contributed by atoms with van der Waals surface area (Å²) in [6.45, 7) is 0.402. The third-order valence-electron chi connectivity index (χ3n) is 1.75. The first-order valence-corrected chi connectivity index (χ1v) is 4.91. The Kier molecular flexibility index (Phi) is 2.27. The molecule has 0 aliphatic rings. The van der Waals surface area contributed by atoms with Gasteiger partial charge in [0, 0.05) is 9.50 Å². The normalized spacial score (nSPS) is 11.0. The molecule has 0 bridgehead atoms. The largest absolute Gasteiger partial charge is 0.341 e. The highest BCUT2D eigenvalue weighted by Crippen LogP contribution is 2.26. The second-order valence-electron chi connectivity index (χ2n) is 2.67. The first-order valence-electron chi connectivity index (χ1n) is 3.74. The van der Waals surface area contributed by atoms with E-state index in [0.29, 0.717) is 11.6 Å². The molecule has 1 heterocycles. The molecule has 0 saturated heterocycles. The number of aromatic amines is 1. The summed E-state index contributed by atoms with van der Waals surface area (Å²) in [5.41, 5.74) is 7.23. The Labute approximate surface area is 88.4 Å². The third kappa shape index (κ3) is 1.57. The Bertz CT molecular complexity index is 452. The number of hydrogen-bond donors (Lipinski definition) is 2. The van der Waals surface area contributed by atoms with Crippen molar-refractivity contribution in [2.24, 2.45) is 5.73 Å². The summed E-state index contributed by atoms with van der Waals surface area (Å²) in [7, 11) is 0. The molecule has 0 atom stereocenters. The second kappa shape index (κ2) is 3.29. The molecule has 68 valence electrons. The summed E-state index contributed by atoms with van der Waals surface area (Å²) < 4.78 is 0.881. The molecule has 5 heteroatoms. The maximum Gasteiger partial charge on any atom is 0.121 e. The van der Waals surface area contributed by atoms with E-state index in [4.69, 9.17) is 17.3 Å². The Morgan fingerprint density at radius 3 is 3.00 bits per heavy atom. The van der Waals surface area contributed by atoms with Crippen molar-refractivity contribution in [3.63, 3.8) is 0 Å². The van der Waals surface area contributed by atoms with Gasteiger partial charge >= 0.3 is 0 Å². The summed E-state index contributed by atoms with van der Waals surface area (Å²) in [6, 6.07) is 3.64. The number of nitrogens with one attached hydrogen (secondary N) is 1. The van der Waals surface area contributed by atoms with E-state index in [1.807, 2.05) is 12.1 Å². The summed E-state index contributed by atoms with van der Waals surface area (Å²) in [4.78, 5) is 7.36. The van der Waals surface area contributed by atoms with Gasteiger partial charge in [-0.15, -0.1) is 0 Å². The predicted octanol–water partition coefficient (Wildman–Crippen LogP) is 2.44. The molecule has 0 spiro atoms. The standard InChI is InChI=1S/C8H7BrClN3/c9-5-1-4(10)2-6-8(5)13-7(3-11)12-6/h1-2H,3,11H2,(H,12,13). The van der Waals surface area contributed by atoms with Crippen LogP contribution in [-0.2, 0) is 6.54 Å². The van der Waals surface area contributed by atoms with Gasteiger partial charge in [0.15, 0.2) is 0 Å². The quantitative estimate of drug-likeness (QED) is 0.827. The number of rotatable bonds is 1. The molecule has 1 aromatic carbocycles. The van der Waals surface area contributed by atoms with Gasteiger partial charge in [-0.3, -0.25) is 0 Å². The molecule has 3 N–H and O–H groups in total. The minimum Gasteiger partial charge on any atom is -0.341 e. The van der Waals surface area contributed by atoms with Crippen molar-refractivity contribution in [2.75, 3.05) is 0 Å². The van der Waals surface area contributed by atoms with Gasteiger partial charge in [0.1, 0.15) is 11.3 Å². The van der Waals surface area contributed by atoms with Crippen LogP contribution < -0.4 is 5.73 Å². The molecule has 2 rings (SSSR count). The van der Waals surface area contributed by atoms with E-state index < -0.39 is 0 Å². The van der Waals surface area contributed by atoms with Gasteiger partial charge in [-0.1, -0.05) is 11.6 Å². The molecule has 0 fully saturated rings. The van der Waals surface area contributed by atoms with Gasteiger partial charge in [0.05, 0.1) is 12.1 Å². The van der Waals surface area contributed by atoms with Crippen LogP contribution in [0.2, 0.25) is 5.02 Å². The van der Waals surface area contributed by atoms with Crippen LogP contribution in [0, 0.1) is 0 Å². The monoisotopic (exact) mass is 259 g/mol. The van der Waals surface area contributed by atoms with Gasteiger partial charge in [-0.2, -0.15) is 0 Å². The van der Waals surface area contributed by atoms with E-state index in [1.165, 1.54) is 0 Å². The lowest BCUT2D eigenvalue weighted by Crippen LogP contribution is -1.97. The van der Waals surface area contributed by atoms with Crippen molar-refractivity contribution in [1.29, 1.82) is 0 Å². The van der Waals surface area contributed by atoms with Gasteiger partial charge in [0.25, 0.3) is 0 Å². The van der Waals surface area contributed by atoms with Crippen LogP contribution in [0.5, 0.6) is 0 Å². The van der Waals surface area contributed by atoms with Crippen LogP contribution in [0.4, 0.5) is 0 Å². The molecule has 0 amide bonds. The molecule has 13 heavy (non-hydrogen) atoms. The maximum absolute atomic E-state index is 5.87. The first-order chi connectivity index (χ1) is 6.20. The predicted molar refractivity (Wildman–Crippen MR) is 56.7 cm³/mol. The molecule has 0 aliphatic carbocycles. The number of aromatic nitrogens is 2. The van der Waals surface area contributed by atoms with Crippen LogP contribution in [0.1, 0.15) is 5.82 Å². The van der Waals surface area contributed by atoms with Crippen molar-refractivity contribution in [3.05, 3.63) is 27.5 Å². The lowest BCUT2D eigenvalue weighted by atomic mass is 10.3. The van der Waals surface area contributed by atoms with Gasteiger partial charge in [-0.05, 0) is 28.1 Å². The molecular formula is C8H7BrClN3. The zero-order valence-electron chi connectivity index (χ0n) is 6.64. The number of imidazole rings is 1. The maximum atomic E-state index is 5.87. The van der Waals surface area contributed by atoms with E-state index in [0.717, 1.165) is 21.3 Å². The Balaban J connectivity index is 2.75. The SMILES string of the molecule is NCc1nc2c(Br)cc(Cl)cc2[nH]1. The van der Waals surface area contributed by atoms with Crippen LogP contribution >= 0.6 is 27.5 Å². The van der Waals surface area contributed by atoms with Gasteiger partial charge in [-0.25, -0.2) is 4.98 Å². The number of hydrogen-bond acceptors (Lipinski definition) is 2. The smallest absolute Gasteiger partial charge is 0.121 e. The average Bonchev–Trinajstić information content (AvgIpc) is 2.47. The molecule has 3 nitrogen and oxygen atoms in total. The zero-order chi connectivity index (χ0) is 9.42. The van der Waals surface area contributed by atoms with Gasteiger partial charge < -0.3 is 10.7 Å². The van der Waals surface area contributed by atoms with Crippen molar-refractivity contribution in [1.82, 2.24) is 9.97 Å². The highest BCUT2D eigenvalue weighted by molar-refractivity contribution is 9.10. The number of nitrogens with zero attached hydrogens (tertiary/aromatic N) is 1. The number of H-pyrrole nitrogens is 1. The number of halogens is 2. The van der Waals surface area contributed by atoms with Gasteiger partial charge in [0.2, 0.25) is 0 Å². The Hall–Kier alpha value is -0.580. The van der Waals surface area contributed by atoms with Crippen LogP contribution in [-0.4, -0.2) is 9.97 Å². The minimum atomic E-state index is 0.402. The van der Waals surface area contributed by atoms with Crippen molar-refractivity contribution >= 4 is 38.6 Å². The lowest BCUT2D eigenvalue weighted by Gasteiger charge is -1.92. The Morgan fingerprint density at radius 1 is 1.54 bits per heavy atom. The zero-order valence-corrected chi connectivity index (χ0v) is 8.98. The summed E-state index contributed by atoms with van der Waals surface area (Å²) in [5, 5.41) is 0.673. The Morgan fingerprint density at radius 2 is 2.31 bits per heavy atom. The van der Waals surface area contributed by atoms with Crippen molar-refractivity contribution in [2.45, 2.75) is 6.54 Å². The van der Waals surface area contributed by atoms with Crippen LogP contribution in [0.3, 0.4) is 0 Å². The first kappa shape index (κ1) is 8.99. The second-order valence-corrected chi connectivity index (χ2v) is 3.96. The van der Waals surface area contributed by atoms with E-state index in [2.05, 4.69) is 25.9 Å². The van der Waals surface area contributed by atoms with E-state index >= 15 is 0 Å². The fourth-order valence-corrected chi connectivity index (χ4v) is 2.09. The van der Waals surface area contributed by atoms with Crippen LogP contribution in [0.15, 0.2) is 16.6 Å². The lowest BCUT2D eigenvalue weighted by molar-refractivity contribution is 0.958. The molecular weight excluding hydrogens is 253 g/mol. The molecule has 1 aromatic heterocycles. The highest BCUT2D eigenvalue weighted by atomic mass is 79.9. The summed E-state index contributed by atoms with van der Waals surface area (Å²) in [5.74, 6) is 0.762. The molecule has 0 unspecified atom stereocenters. The molecule has 0 aliphatic heterocycles. The average molecular weight is 261 g/mol. The van der Waals surface area contributed by atoms with E-state index in [-0.39, 0.29) is 0 Å². The minimum absolute atomic E-state index is 0.402. The van der Waals surface area contributed by atoms with Crippen LogP contribution in [0.25, 0.3) is 11.0 Å². The molecule has 0 saturated carbocycles. The van der Waals surface area contributed by atoms with E-state index in [9.17, 15) is 0 Å². The highest BCUT2D eigenvalue weighted by Gasteiger charge is 2.05. The molecule has 0 radical (unpaired) electrons. The van der Waals surface area contributed by atoms with Crippen molar-refractivity contribution in [3.8, 4) is 0 Å². The summed E-state index contributed by atoms with van der Waals surface area (Å²) >= 11 is 9.25. The fraction of sp³-hybridized carbons (Fsp3) is 0.125. The van der Waals surface area contributed by atoms with E-state index in [1.54, 1.807) is 0 Å².